The van der Waals surface area contributed by atoms with Gasteiger partial charge in [0.25, 0.3) is 0 Å². The van der Waals surface area contributed by atoms with Gasteiger partial charge in [0.15, 0.2) is 0 Å². The van der Waals surface area contributed by atoms with E-state index in [0.29, 0.717) is 22.3 Å². The second kappa shape index (κ2) is 7.44. The number of nitrogens with one attached hydrogen (secondary N) is 1. The lowest BCUT2D eigenvalue weighted by Gasteiger charge is -2.09. The summed E-state index contributed by atoms with van der Waals surface area (Å²) in [6.45, 7) is 0.426. The lowest BCUT2D eigenvalue weighted by Crippen LogP contribution is -2.02. The zero-order valence-corrected chi connectivity index (χ0v) is 11.6. The van der Waals surface area contributed by atoms with Crippen LogP contribution in [0.4, 0.5) is 5.69 Å². The van der Waals surface area contributed by atoms with E-state index in [1.807, 2.05) is 30.3 Å². The minimum Gasteiger partial charge on any atom is -0.271 e. The van der Waals surface area contributed by atoms with E-state index in [4.69, 9.17) is 28.0 Å². The van der Waals surface area contributed by atoms with Crippen molar-refractivity contribution in [3.8, 4) is 0 Å². The molecule has 0 atom stereocenters. The Kier molecular flexibility index (Phi) is 6.22. The van der Waals surface area contributed by atoms with Crippen molar-refractivity contribution < 1.29 is 4.84 Å². The number of aromatic nitrogens is 1. The van der Waals surface area contributed by atoms with E-state index >= 15 is 0 Å². The third kappa shape index (κ3) is 4.03. The summed E-state index contributed by atoms with van der Waals surface area (Å²) in [5, 5.41) is 0.844. The molecule has 2 rings (SSSR count). The van der Waals surface area contributed by atoms with Crippen LogP contribution in [0.3, 0.4) is 0 Å². The predicted octanol–water partition coefficient (Wildman–Crippen LogP) is 4.35. The topological polar surface area (TPSA) is 34.2 Å². The van der Waals surface area contributed by atoms with Crippen LogP contribution in [-0.4, -0.2) is 4.98 Å². The Labute approximate surface area is 121 Å². The van der Waals surface area contributed by atoms with Crippen molar-refractivity contribution in [1.29, 1.82) is 0 Å². The van der Waals surface area contributed by atoms with Gasteiger partial charge in [0.2, 0.25) is 0 Å². The van der Waals surface area contributed by atoms with Crippen LogP contribution in [0, 0.1) is 0 Å². The molecule has 0 aliphatic rings. The molecular formula is C12H11Cl3N2O. The van der Waals surface area contributed by atoms with Crippen LogP contribution in [0.1, 0.15) is 5.56 Å². The first-order valence-electron chi connectivity index (χ1n) is 4.98. The highest BCUT2D eigenvalue weighted by molar-refractivity contribution is 6.38. The fourth-order valence-corrected chi connectivity index (χ4v) is 1.72. The van der Waals surface area contributed by atoms with E-state index in [0.717, 1.165) is 5.56 Å². The van der Waals surface area contributed by atoms with E-state index in [1.165, 1.54) is 12.4 Å². The minimum absolute atomic E-state index is 0. The van der Waals surface area contributed by atoms with Gasteiger partial charge in [0, 0.05) is 12.4 Å². The SMILES string of the molecule is Cl.Clc1cncc(Cl)c1NOCc1ccccc1. The summed E-state index contributed by atoms with van der Waals surface area (Å²) in [4.78, 5) is 9.17. The molecule has 0 radical (unpaired) electrons. The molecule has 6 heteroatoms. The van der Waals surface area contributed by atoms with Gasteiger partial charge in [-0.05, 0) is 5.56 Å². The Morgan fingerprint density at radius 2 is 1.67 bits per heavy atom. The van der Waals surface area contributed by atoms with E-state index in [2.05, 4.69) is 10.5 Å². The Morgan fingerprint density at radius 1 is 1.06 bits per heavy atom. The number of rotatable bonds is 4. The van der Waals surface area contributed by atoms with Crippen LogP contribution in [0.2, 0.25) is 10.0 Å². The zero-order chi connectivity index (χ0) is 12.1. The van der Waals surface area contributed by atoms with Gasteiger partial charge < -0.3 is 0 Å². The van der Waals surface area contributed by atoms with E-state index < -0.39 is 0 Å². The second-order valence-electron chi connectivity index (χ2n) is 3.35. The molecule has 3 nitrogen and oxygen atoms in total. The number of hydrogen-bond acceptors (Lipinski definition) is 3. The molecule has 2 aromatic rings. The third-order valence-electron chi connectivity index (χ3n) is 2.11. The molecule has 0 aliphatic carbocycles. The van der Waals surface area contributed by atoms with Crippen molar-refractivity contribution in [2.75, 3.05) is 5.48 Å². The first-order chi connectivity index (χ1) is 8.27. The van der Waals surface area contributed by atoms with Gasteiger partial charge in [-0.2, -0.15) is 0 Å². The maximum Gasteiger partial charge on any atom is 0.101 e. The predicted molar refractivity (Wildman–Crippen MR) is 76.4 cm³/mol. The standard InChI is InChI=1S/C12H10Cl2N2O.ClH/c13-10-6-15-7-11(14)12(10)16-17-8-9-4-2-1-3-5-9;/h1-7H,8H2,(H,15,16);1H. The average Bonchev–Trinajstić information content (AvgIpc) is 2.34. The summed E-state index contributed by atoms with van der Waals surface area (Å²) < 4.78 is 0. The van der Waals surface area contributed by atoms with Gasteiger partial charge in [-0.3, -0.25) is 15.3 Å². The molecule has 0 aliphatic heterocycles. The molecule has 0 saturated carbocycles. The van der Waals surface area contributed by atoms with Crippen LogP contribution in [0.15, 0.2) is 42.7 Å². The molecule has 1 aromatic carbocycles. The summed E-state index contributed by atoms with van der Waals surface area (Å²) in [6, 6.07) is 9.79. The van der Waals surface area contributed by atoms with Gasteiger partial charge in [-0.1, -0.05) is 53.5 Å². The lowest BCUT2D eigenvalue weighted by molar-refractivity contribution is 0.180. The van der Waals surface area contributed by atoms with Crippen molar-refractivity contribution >= 4 is 41.3 Å². The smallest absolute Gasteiger partial charge is 0.101 e. The zero-order valence-electron chi connectivity index (χ0n) is 9.27. The fourth-order valence-electron chi connectivity index (χ4n) is 1.27. The van der Waals surface area contributed by atoms with Crippen molar-refractivity contribution in [1.82, 2.24) is 4.98 Å². The normalized spacial score (nSPS) is 9.67. The summed E-state index contributed by atoms with van der Waals surface area (Å²) in [7, 11) is 0. The maximum absolute atomic E-state index is 5.92. The van der Waals surface area contributed by atoms with Crippen molar-refractivity contribution in [2.24, 2.45) is 0 Å². The number of pyridine rings is 1. The largest absolute Gasteiger partial charge is 0.271 e. The first kappa shape index (κ1) is 15.1. The summed E-state index contributed by atoms with van der Waals surface area (Å²) in [5.41, 5.74) is 4.31. The maximum atomic E-state index is 5.92. The Bertz CT molecular complexity index is 474. The van der Waals surface area contributed by atoms with Gasteiger partial charge in [0.05, 0.1) is 16.7 Å². The molecule has 0 bridgehead atoms. The number of nitrogens with zero attached hydrogens (tertiary/aromatic N) is 1. The third-order valence-corrected chi connectivity index (χ3v) is 2.68. The molecular weight excluding hydrogens is 295 g/mol. The Balaban J connectivity index is 0.00000162. The molecule has 0 amide bonds. The number of halogens is 3. The van der Waals surface area contributed by atoms with E-state index in [9.17, 15) is 0 Å². The quantitative estimate of drug-likeness (QED) is 0.853. The van der Waals surface area contributed by atoms with Crippen molar-refractivity contribution in [3.05, 3.63) is 58.3 Å². The average molecular weight is 306 g/mol. The fraction of sp³-hybridized carbons (Fsp3) is 0.0833. The molecule has 0 fully saturated rings. The molecule has 0 saturated heterocycles. The van der Waals surface area contributed by atoms with Crippen LogP contribution in [0.25, 0.3) is 0 Å². The molecule has 96 valence electrons. The van der Waals surface area contributed by atoms with Crippen molar-refractivity contribution in [2.45, 2.75) is 6.61 Å². The highest BCUT2D eigenvalue weighted by Crippen LogP contribution is 2.28. The number of anilines is 1. The summed E-state index contributed by atoms with van der Waals surface area (Å²) >= 11 is 11.8. The van der Waals surface area contributed by atoms with Crippen LogP contribution >= 0.6 is 35.6 Å². The lowest BCUT2D eigenvalue weighted by atomic mass is 10.2. The second-order valence-corrected chi connectivity index (χ2v) is 4.17. The van der Waals surface area contributed by atoms with E-state index in [-0.39, 0.29) is 12.4 Å². The van der Waals surface area contributed by atoms with E-state index in [1.54, 1.807) is 0 Å². The molecule has 0 spiro atoms. The van der Waals surface area contributed by atoms with Crippen LogP contribution < -0.4 is 5.48 Å². The van der Waals surface area contributed by atoms with Gasteiger partial charge in [0.1, 0.15) is 5.69 Å². The van der Waals surface area contributed by atoms with Crippen molar-refractivity contribution in [3.63, 3.8) is 0 Å². The van der Waals surface area contributed by atoms with Gasteiger partial charge in [-0.25, -0.2) is 0 Å². The molecule has 0 unspecified atom stereocenters. The summed E-state index contributed by atoms with van der Waals surface area (Å²) in [6.07, 6.45) is 3.00. The highest BCUT2D eigenvalue weighted by Gasteiger charge is 2.05. The van der Waals surface area contributed by atoms with Gasteiger partial charge in [-0.15, -0.1) is 12.4 Å². The molecule has 1 heterocycles. The number of hydrogen-bond donors (Lipinski definition) is 1. The highest BCUT2D eigenvalue weighted by atomic mass is 35.5. The molecule has 18 heavy (non-hydrogen) atoms. The Hall–Kier alpha value is -1.00. The minimum atomic E-state index is 0. The first-order valence-corrected chi connectivity index (χ1v) is 5.73. The molecule has 1 aromatic heterocycles. The Morgan fingerprint density at radius 3 is 2.28 bits per heavy atom. The summed E-state index contributed by atoms with van der Waals surface area (Å²) in [5.74, 6) is 0. The van der Waals surface area contributed by atoms with Crippen LogP contribution in [-0.2, 0) is 11.4 Å². The molecule has 1 N–H and O–H groups in total. The number of benzene rings is 1. The van der Waals surface area contributed by atoms with Crippen LogP contribution in [0.5, 0.6) is 0 Å². The monoisotopic (exact) mass is 304 g/mol. The van der Waals surface area contributed by atoms with Gasteiger partial charge >= 0.3 is 0 Å².